The van der Waals surface area contributed by atoms with E-state index in [2.05, 4.69) is 16.0 Å². The minimum absolute atomic E-state index is 0.0875. The van der Waals surface area contributed by atoms with E-state index in [0.717, 1.165) is 35.4 Å². The molecule has 0 bridgehead atoms. The maximum atomic E-state index is 12.4. The van der Waals surface area contributed by atoms with Crippen LogP contribution in [0.15, 0.2) is 53.3 Å². The fraction of sp³-hybridized carbons (Fsp3) is 0.211. The molecular weight excluding hydrogens is 332 g/mol. The zero-order valence-electron chi connectivity index (χ0n) is 13.5. The molecule has 0 radical (unpaired) electrons. The Bertz CT molecular complexity index is 1100. The molecule has 0 saturated carbocycles. The van der Waals surface area contributed by atoms with Gasteiger partial charge in [0.2, 0.25) is 5.95 Å². The number of para-hydroxylation sites is 2. The molecule has 1 N–H and O–H groups in total. The maximum absolute atomic E-state index is 12.4. The Morgan fingerprint density at radius 1 is 1.04 bits per heavy atom. The van der Waals surface area contributed by atoms with Crippen LogP contribution >= 0.6 is 11.3 Å². The molecule has 1 fully saturated rings. The minimum Gasteiger partial charge on any atom is -0.333 e. The number of nitrogens with zero attached hydrogens (tertiary/aromatic N) is 3. The van der Waals surface area contributed by atoms with Crippen molar-refractivity contribution in [3.8, 4) is 0 Å². The van der Waals surface area contributed by atoms with Crippen molar-refractivity contribution in [1.29, 1.82) is 0 Å². The first-order valence-electron chi connectivity index (χ1n) is 8.41. The number of H-pyrrole nitrogens is 1. The lowest BCUT2D eigenvalue weighted by atomic mass is 10.2. The summed E-state index contributed by atoms with van der Waals surface area (Å²) < 4.78 is 1.20. The molecule has 3 heterocycles. The molecule has 124 valence electrons. The number of aromatic amines is 1. The van der Waals surface area contributed by atoms with Crippen LogP contribution in [0.5, 0.6) is 0 Å². The smallest absolute Gasteiger partial charge is 0.260 e. The van der Waals surface area contributed by atoms with Crippen molar-refractivity contribution >= 4 is 38.4 Å². The van der Waals surface area contributed by atoms with Crippen molar-refractivity contribution in [2.45, 2.75) is 18.9 Å². The Morgan fingerprint density at radius 2 is 1.84 bits per heavy atom. The second-order valence-corrected chi connectivity index (χ2v) is 7.34. The number of rotatable bonds is 2. The molecule has 0 amide bonds. The zero-order valence-corrected chi connectivity index (χ0v) is 14.3. The average molecular weight is 348 g/mol. The minimum atomic E-state index is -0.0875. The van der Waals surface area contributed by atoms with E-state index < -0.39 is 0 Å². The highest BCUT2D eigenvalue weighted by atomic mass is 32.1. The van der Waals surface area contributed by atoms with Gasteiger partial charge in [0.25, 0.3) is 5.56 Å². The Labute approximate surface area is 148 Å². The van der Waals surface area contributed by atoms with Crippen molar-refractivity contribution in [3.05, 3.63) is 63.9 Å². The molecule has 1 aliphatic rings. The van der Waals surface area contributed by atoms with E-state index in [0.29, 0.717) is 11.3 Å². The fourth-order valence-corrected chi connectivity index (χ4v) is 4.63. The second kappa shape index (κ2) is 5.67. The van der Waals surface area contributed by atoms with E-state index in [1.165, 1.54) is 4.70 Å². The molecule has 6 heteroatoms. The van der Waals surface area contributed by atoms with Gasteiger partial charge in [-0.2, -0.15) is 0 Å². The molecule has 1 saturated heterocycles. The third kappa shape index (κ3) is 2.41. The third-order valence-electron chi connectivity index (χ3n) is 4.72. The summed E-state index contributed by atoms with van der Waals surface area (Å²) in [4.78, 5) is 27.1. The van der Waals surface area contributed by atoms with Gasteiger partial charge in [-0.05, 0) is 37.1 Å². The SMILES string of the molecule is O=c1[nH]c(N2CCCC2c2nc3ccccc3s2)nc2ccccc12. The molecule has 1 atom stereocenters. The second-order valence-electron chi connectivity index (χ2n) is 6.28. The average Bonchev–Trinajstić information content (AvgIpc) is 3.28. The van der Waals surface area contributed by atoms with E-state index in [4.69, 9.17) is 9.97 Å². The summed E-state index contributed by atoms with van der Waals surface area (Å²) in [6.07, 6.45) is 2.09. The summed E-state index contributed by atoms with van der Waals surface area (Å²) in [6, 6.07) is 15.8. The number of benzene rings is 2. The number of fused-ring (bicyclic) bond motifs is 2. The zero-order chi connectivity index (χ0) is 16.8. The van der Waals surface area contributed by atoms with Crippen molar-refractivity contribution < 1.29 is 0 Å². The first-order chi connectivity index (χ1) is 12.3. The molecule has 0 spiro atoms. The summed E-state index contributed by atoms with van der Waals surface area (Å²) in [5, 5.41) is 1.72. The van der Waals surface area contributed by atoms with Gasteiger partial charge in [-0.25, -0.2) is 9.97 Å². The molecule has 0 aliphatic carbocycles. The predicted octanol–water partition coefficient (Wildman–Crippen LogP) is 3.87. The van der Waals surface area contributed by atoms with Gasteiger partial charge in [-0.1, -0.05) is 24.3 Å². The van der Waals surface area contributed by atoms with Crippen molar-refractivity contribution in [1.82, 2.24) is 15.0 Å². The Balaban J connectivity index is 1.60. The summed E-state index contributed by atoms with van der Waals surface area (Å²) >= 11 is 1.73. The molecule has 2 aromatic carbocycles. The standard InChI is InChI=1S/C19H16N4OS/c24-17-12-6-1-2-7-13(12)21-19(22-17)23-11-5-9-15(23)18-20-14-8-3-4-10-16(14)25-18/h1-4,6-8,10,15H,5,9,11H2,(H,21,22,24). The van der Waals surface area contributed by atoms with E-state index in [1.54, 1.807) is 17.4 Å². The number of hydrogen-bond acceptors (Lipinski definition) is 5. The van der Waals surface area contributed by atoms with Gasteiger partial charge in [0.1, 0.15) is 5.01 Å². The fourth-order valence-electron chi connectivity index (χ4n) is 3.52. The lowest BCUT2D eigenvalue weighted by Crippen LogP contribution is -2.27. The van der Waals surface area contributed by atoms with Crippen molar-refractivity contribution in [2.75, 3.05) is 11.4 Å². The normalized spacial score (nSPS) is 17.6. The van der Waals surface area contributed by atoms with Crippen LogP contribution in [-0.4, -0.2) is 21.5 Å². The van der Waals surface area contributed by atoms with Crippen molar-refractivity contribution in [3.63, 3.8) is 0 Å². The van der Waals surface area contributed by atoms with Crippen LogP contribution in [0.2, 0.25) is 0 Å². The predicted molar refractivity (Wildman–Crippen MR) is 101 cm³/mol. The largest absolute Gasteiger partial charge is 0.333 e. The number of aromatic nitrogens is 3. The number of anilines is 1. The van der Waals surface area contributed by atoms with Gasteiger partial charge in [0.05, 0.1) is 27.2 Å². The number of hydrogen-bond donors (Lipinski definition) is 1. The highest BCUT2D eigenvalue weighted by Gasteiger charge is 2.30. The summed E-state index contributed by atoms with van der Waals surface area (Å²) in [6.45, 7) is 0.877. The van der Waals surface area contributed by atoms with Crippen LogP contribution in [-0.2, 0) is 0 Å². The Kier molecular flexibility index (Phi) is 3.31. The third-order valence-corrected chi connectivity index (χ3v) is 5.86. The molecular formula is C19H16N4OS. The van der Waals surface area contributed by atoms with E-state index in [9.17, 15) is 4.79 Å². The molecule has 1 unspecified atom stereocenters. The van der Waals surface area contributed by atoms with E-state index in [-0.39, 0.29) is 11.6 Å². The number of thiazole rings is 1. The van der Waals surface area contributed by atoms with Crippen molar-refractivity contribution in [2.24, 2.45) is 0 Å². The lowest BCUT2D eigenvalue weighted by molar-refractivity contribution is 0.698. The van der Waals surface area contributed by atoms with E-state index >= 15 is 0 Å². The molecule has 25 heavy (non-hydrogen) atoms. The van der Waals surface area contributed by atoms with Crippen LogP contribution < -0.4 is 10.5 Å². The van der Waals surface area contributed by atoms with Gasteiger partial charge in [0, 0.05) is 6.54 Å². The Morgan fingerprint density at radius 3 is 2.72 bits per heavy atom. The number of nitrogens with one attached hydrogen (secondary N) is 1. The highest BCUT2D eigenvalue weighted by molar-refractivity contribution is 7.18. The first kappa shape index (κ1) is 14.6. The lowest BCUT2D eigenvalue weighted by Gasteiger charge is -2.23. The Hall–Kier alpha value is -2.73. The topological polar surface area (TPSA) is 61.9 Å². The summed E-state index contributed by atoms with van der Waals surface area (Å²) in [5.41, 5.74) is 1.68. The molecule has 5 rings (SSSR count). The van der Waals surface area contributed by atoms with Gasteiger partial charge < -0.3 is 4.90 Å². The summed E-state index contributed by atoms with van der Waals surface area (Å²) in [7, 11) is 0. The molecule has 5 nitrogen and oxygen atoms in total. The molecule has 2 aromatic heterocycles. The molecule has 4 aromatic rings. The van der Waals surface area contributed by atoms with Gasteiger partial charge in [-0.15, -0.1) is 11.3 Å². The van der Waals surface area contributed by atoms with Gasteiger partial charge >= 0.3 is 0 Å². The van der Waals surface area contributed by atoms with Crippen LogP contribution in [0.3, 0.4) is 0 Å². The first-order valence-corrected chi connectivity index (χ1v) is 9.22. The van der Waals surface area contributed by atoms with Gasteiger partial charge in [-0.3, -0.25) is 9.78 Å². The summed E-state index contributed by atoms with van der Waals surface area (Å²) in [5.74, 6) is 0.644. The van der Waals surface area contributed by atoms with Gasteiger partial charge in [0.15, 0.2) is 0 Å². The quantitative estimate of drug-likeness (QED) is 0.597. The molecule has 1 aliphatic heterocycles. The maximum Gasteiger partial charge on any atom is 0.260 e. The highest BCUT2D eigenvalue weighted by Crippen LogP contribution is 2.38. The van der Waals surface area contributed by atoms with Crippen LogP contribution in [0.4, 0.5) is 5.95 Å². The van der Waals surface area contributed by atoms with Crippen LogP contribution in [0.1, 0.15) is 23.9 Å². The van der Waals surface area contributed by atoms with Crippen LogP contribution in [0.25, 0.3) is 21.1 Å². The monoisotopic (exact) mass is 348 g/mol. The van der Waals surface area contributed by atoms with Crippen LogP contribution in [0, 0.1) is 0 Å². The van der Waals surface area contributed by atoms with E-state index in [1.807, 2.05) is 36.4 Å².